The smallest absolute Gasteiger partial charge is 0.294 e. The van der Waals surface area contributed by atoms with E-state index in [2.05, 4.69) is 10.3 Å². The highest BCUT2D eigenvalue weighted by Gasteiger charge is 2.43. The van der Waals surface area contributed by atoms with Crippen LogP contribution >= 0.6 is 0 Å². The molecule has 13 heteroatoms. The molecule has 0 saturated carbocycles. The van der Waals surface area contributed by atoms with Gasteiger partial charge in [0.15, 0.2) is 5.71 Å². The summed E-state index contributed by atoms with van der Waals surface area (Å²) in [5.74, 6) is 4.95. The molecule has 2 aromatic rings. The minimum atomic E-state index is -4.63. The van der Waals surface area contributed by atoms with Crippen molar-refractivity contribution in [3.05, 3.63) is 83.6 Å². The Kier molecular flexibility index (Phi) is 9.62. The summed E-state index contributed by atoms with van der Waals surface area (Å²) in [5, 5.41) is 0. The molecule has 0 aliphatic carbocycles. The first-order valence-electron chi connectivity index (χ1n) is 14.6. The Morgan fingerprint density at radius 2 is 1.62 bits per heavy atom. The number of amides is 1. The van der Waals surface area contributed by atoms with E-state index in [1.54, 1.807) is 12.1 Å². The van der Waals surface area contributed by atoms with Crippen LogP contribution in [0.3, 0.4) is 0 Å². The van der Waals surface area contributed by atoms with E-state index in [9.17, 15) is 30.7 Å². The van der Waals surface area contributed by atoms with Crippen molar-refractivity contribution in [3.8, 4) is 0 Å². The van der Waals surface area contributed by atoms with Crippen molar-refractivity contribution >= 4 is 43.2 Å². The molecule has 2 aliphatic heterocycles. The second-order valence-electron chi connectivity index (χ2n) is 12.3. The number of hydrogen-bond acceptors (Lipinski definition) is 8. The molecule has 242 valence electrons. The Morgan fingerprint density at radius 1 is 0.956 bits per heavy atom. The second kappa shape index (κ2) is 12.6. The number of benzene rings is 2. The Morgan fingerprint density at radius 3 is 2.27 bits per heavy atom. The van der Waals surface area contributed by atoms with Crippen LogP contribution in [0.4, 0.5) is 11.4 Å². The fraction of sp³-hybridized carbons (Fsp3) is 0.375. The third-order valence-corrected chi connectivity index (χ3v) is 10.3. The van der Waals surface area contributed by atoms with E-state index in [0.717, 1.165) is 46.8 Å². The summed E-state index contributed by atoms with van der Waals surface area (Å²) >= 11 is 0. The Hall–Kier alpha value is -3.62. The van der Waals surface area contributed by atoms with Crippen molar-refractivity contribution in [2.45, 2.75) is 74.0 Å². The van der Waals surface area contributed by atoms with E-state index >= 15 is 0 Å². The van der Waals surface area contributed by atoms with Gasteiger partial charge in [-0.15, -0.1) is 0 Å². The molecule has 45 heavy (non-hydrogen) atoms. The van der Waals surface area contributed by atoms with Crippen molar-refractivity contribution in [1.82, 2.24) is 5.43 Å². The highest BCUT2D eigenvalue weighted by molar-refractivity contribution is 7.86. The van der Waals surface area contributed by atoms with Crippen LogP contribution in [0.15, 0.2) is 82.3 Å². The van der Waals surface area contributed by atoms with Gasteiger partial charge in [-0.3, -0.25) is 14.8 Å². The van der Waals surface area contributed by atoms with Crippen LogP contribution in [0.5, 0.6) is 0 Å². The van der Waals surface area contributed by atoms with E-state index in [4.69, 9.17) is 5.84 Å². The number of nitrogens with two attached hydrogens (primary N) is 1. The number of fused-ring (bicyclic) bond motifs is 2. The SMILES string of the molecule is C[N+]1=C(/C=C/C=C/C=C2/N(CCCCCC(=O)NN)c3ccc(S(=O)(=O)[O-])cc3C2(C)C)C(C)(C)c2cc(S(=O)(=O)O)ccc21. The number of hydrogen-bond donors (Lipinski definition) is 3. The molecule has 2 aromatic carbocycles. The second-order valence-corrected chi connectivity index (χ2v) is 15.1. The van der Waals surface area contributed by atoms with Gasteiger partial charge in [0, 0.05) is 47.5 Å². The maximum absolute atomic E-state index is 11.8. The molecule has 0 unspecified atom stereocenters. The summed E-state index contributed by atoms with van der Waals surface area (Å²) in [6.45, 7) is 8.57. The number of carbonyl (C=O) groups is 1. The van der Waals surface area contributed by atoms with Crippen molar-refractivity contribution in [3.63, 3.8) is 0 Å². The molecule has 0 atom stereocenters. The van der Waals surface area contributed by atoms with Gasteiger partial charge in [0.2, 0.25) is 11.6 Å². The number of nitrogens with zero attached hydrogens (tertiary/aromatic N) is 2. The van der Waals surface area contributed by atoms with Crippen LogP contribution in [-0.4, -0.2) is 55.7 Å². The monoisotopic (exact) mass is 656 g/mol. The minimum Gasteiger partial charge on any atom is -0.744 e. The van der Waals surface area contributed by atoms with Crippen molar-refractivity contribution in [2.75, 3.05) is 18.5 Å². The number of hydrazine groups is 1. The fourth-order valence-corrected chi connectivity index (χ4v) is 7.19. The number of rotatable bonds is 11. The molecule has 0 aromatic heterocycles. The van der Waals surface area contributed by atoms with Gasteiger partial charge in [-0.25, -0.2) is 14.3 Å². The molecule has 0 saturated heterocycles. The first-order chi connectivity index (χ1) is 20.9. The third-order valence-electron chi connectivity index (χ3n) is 8.63. The lowest BCUT2D eigenvalue weighted by Crippen LogP contribution is -2.29. The van der Waals surface area contributed by atoms with Gasteiger partial charge in [0.25, 0.3) is 10.1 Å². The topological polar surface area (TPSA) is 173 Å². The van der Waals surface area contributed by atoms with E-state index in [1.165, 1.54) is 24.3 Å². The summed E-state index contributed by atoms with van der Waals surface area (Å²) < 4.78 is 70.4. The molecule has 0 bridgehead atoms. The predicted octanol–water partition coefficient (Wildman–Crippen LogP) is 4.19. The quantitative estimate of drug-likeness (QED) is 0.0610. The van der Waals surface area contributed by atoms with Crippen molar-refractivity contribution in [2.24, 2.45) is 5.84 Å². The van der Waals surface area contributed by atoms with E-state index in [0.29, 0.717) is 19.4 Å². The molecule has 4 rings (SSSR count). The first-order valence-corrected chi connectivity index (χ1v) is 17.4. The standard InChI is InChI=1S/C32H40N4O7S2/c1-31(2)24-20-22(44(38,39)40)15-17-26(24)35(5)28(31)12-8-6-9-13-29-32(3,4)25-21-23(45(41,42)43)16-18-27(25)36(29)19-11-7-10-14-30(37)34-33/h6,8-9,12-13,15-18,20-21H,7,10-11,14,19,33H2,1-5H3,(H2-,34,37,38,39,40,41,42,43). The number of allylic oxidation sites excluding steroid dienone is 6. The summed E-state index contributed by atoms with van der Waals surface area (Å²) in [5.41, 5.74) is 6.08. The summed E-state index contributed by atoms with van der Waals surface area (Å²) in [6, 6.07) is 9.05. The lowest BCUT2D eigenvalue weighted by atomic mass is 9.81. The lowest BCUT2D eigenvalue weighted by Gasteiger charge is -2.27. The Bertz CT molecular complexity index is 1850. The van der Waals surface area contributed by atoms with Crippen LogP contribution in [0.1, 0.15) is 64.5 Å². The van der Waals surface area contributed by atoms with Crippen molar-refractivity contribution < 1.29 is 35.3 Å². The fourth-order valence-electron chi connectivity index (χ4n) is 6.19. The maximum atomic E-state index is 11.8. The highest BCUT2D eigenvalue weighted by atomic mass is 32.2. The molecular formula is C32H40N4O7S2. The first kappa shape index (κ1) is 34.3. The zero-order valence-electron chi connectivity index (χ0n) is 26.1. The van der Waals surface area contributed by atoms with E-state index in [-0.39, 0.29) is 15.7 Å². The van der Waals surface area contributed by atoms with Crippen LogP contribution < -0.4 is 16.2 Å². The van der Waals surface area contributed by atoms with Gasteiger partial charge >= 0.3 is 0 Å². The number of anilines is 1. The molecule has 2 heterocycles. The zero-order valence-corrected chi connectivity index (χ0v) is 27.7. The van der Waals surface area contributed by atoms with Gasteiger partial charge < -0.3 is 9.45 Å². The van der Waals surface area contributed by atoms with Crippen molar-refractivity contribution in [1.29, 1.82) is 0 Å². The van der Waals surface area contributed by atoms with Gasteiger partial charge in [-0.05, 0) is 68.7 Å². The summed E-state index contributed by atoms with van der Waals surface area (Å²) in [7, 11) is -7.06. The average Bonchev–Trinajstić information content (AvgIpc) is 3.29. The number of carbonyl (C=O) groups excluding carboxylic acids is 1. The van der Waals surface area contributed by atoms with Gasteiger partial charge in [0.1, 0.15) is 17.2 Å². The number of unbranched alkanes of at least 4 members (excludes halogenated alkanes) is 2. The molecule has 11 nitrogen and oxygen atoms in total. The van der Waals surface area contributed by atoms with E-state index < -0.39 is 31.1 Å². The van der Waals surface area contributed by atoms with Crippen LogP contribution in [-0.2, 0) is 35.9 Å². The van der Waals surface area contributed by atoms with Gasteiger partial charge in [-0.2, -0.15) is 13.0 Å². The predicted molar refractivity (Wildman–Crippen MR) is 172 cm³/mol. The van der Waals surface area contributed by atoms with Gasteiger partial charge in [-0.1, -0.05) is 38.5 Å². The molecule has 0 radical (unpaired) electrons. The van der Waals surface area contributed by atoms with Crippen LogP contribution in [0.2, 0.25) is 0 Å². The molecule has 4 N–H and O–H groups in total. The summed E-state index contributed by atoms with van der Waals surface area (Å²) in [6.07, 6.45) is 12.2. The molecule has 1 amide bonds. The zero-order chi connectivity index (χ0) is 33.4. The van der Waals surface area contributed by atoms with Gasteiger partial charge in [0.05, 0.1) is 15.2 Å². The summed E-state index contributed by atoms with van der Waals surface area (Å²) in [4.78, 5) is 13.2. The molecule has 2 aliphatic rings. The highest BCUT2D eigenvalue weighted by Crippen LogP contribution is 2.48. The number of nitrogens with one attached hydrogen (secondary N) is 1. The minimum absolute atomic E-state index is 0.148. The Labute approximate surface area is 265 Å². The third kappa shape index (κ3) is 6.97. The maximum Gasteiger partial charge on any atom is 0.294 e. The van der Waals surface area contributed by atoms with E-state index in [1.807, 2.05) is 69.7 Å². The molecule has 0 fully saturated rings. The molecule has 0 spiro atoms. The average molecular weight is 657 g/mol. The normalized spacial score (nSPS) is 18.3. The Balaban J connectivity index is 1.60. The van der Waals surface area contributed by atoms with Crippen LogP contribution in [0.25, 0.3) is 0 Å². The lowest BCUT2D eigenvalue weighted by molar-refractivity contribution is -0.401. The molecular weight excluding hydrogens is 617 g/mol. The van der Waals surface area contributed by atoms with Crippen LogP contribution in [0, 0.1) is 0 Å². The largest absolute Gasteiger partial charge is 0.744 e.